The average molecular weight is 261 g/mol. The van der Waals surface area contributed by atoms with E-state index in [1.54, 1.807) is 31.4 Å². The lowest BCUT2D eigenvalue weighted by molar-refractivity contribution is 0.411. The van der Waals surface area contributed by atoms with Crippen molar-refractivity contribution in [1.82, 2.24) is 0 Å². The lowest BCUT2D eigenvalue weighted by atomic mass is 10.1. The average Bonchev–Trinajstić information content (AvgIpc) is 2.40. The van der Waals surface area contributed by atoms with Gasteiger partial charge in [0.05, 0.1) is 12.8 Å². The predicted octanol–water partition coefficient (Wildman–Crippen LogP) is 3.46. The first-order chi connectivity index (χ1) is 9.11. The third-order valence-electron chi connectivity index (χ3n) is 2.96. The van der Waals surface area contributed by atoms with Crippen LogP contribution in [0.5, 0.6) is 11.5 Å². The fourth-order valence-corrected chi connectivity index (χ4v) is 1.87. The van der Waals surface area contributed by atoms with Crippen LogP contribution in [0.25, 0.3) is 0 Å². The molecule has 100 valence electrons. The molecule has 0 saturated heterocycles. The number of methoxy groups -OCH3 is 1. The van der Waals surface area contributed by atoms with Gasteiger partial charge in [-0.2, -0.15) is 0 Å². The normalized spacial score (nSPS) is 10.3. The Balaban J connectivity index is 2.19. The van der Waals surface area contributed by atoms with Crippen molar-refractivity contribution in [2.75, 3.05) is 12.4 Å². The number of ether oxygens (including phenoxy) is 1. The third kappa shape index (κ3) is 2.96. The molecule has 0 amide bonds. The first-order valence-electron chi connectivity index (χ1n) is 5.96. The number of rotatable bonds is 4. The maximum atomic E-state index is 13.6. The lowest BCUT2D eigenvalue weighted by Gasteiger charge is -2.12. The molecule has 0 saturated carbocycles. The molecule has 2 aromatic carbocycles. The Morgan fingerprint density at radius 3 is 2.74 bits per heavy atom. The van der Waals surface area contributed by atoms with E-state index < -0.39 is 0 Å². The van der Waals surface area contributed by atoms with Crippen LogP contribution in [0.2, 0.25) is 0 Å². The molecular weight excluding hydrogens is 245 g/mol. The Morgan fingerprint density at radius 2 is 2.05 bits per heavy atom. The van der Waals surface area contributed by atoms with E-state index in [1.807, 2.05) is 13.0 Å². The number of aromatic hydroxyl groups is 1. The van der Waals surface area contributed by atoms with Gasteiger partial charge in [-0.05, 0) is 36.8 Å². The quantitative estimate of drug-likeness (QED) is 0.885. The van der Waals surface area contributed by atoms with Crippen LogP contribution in [-0.2, 0) is 6.54 Å². The summed E-state index contributed by atoms with van der Waals surface area (Å²) in [6.45, 7) is 2.15. The smallest absolute Gasteiger partial charge is 0.146 e. The third-order valence-corrected chi connectivity index (χ3v) is 2.96. The minimum atomic E-state index is -0.303. The molecule has 3 nitrogen and oxygen atoms in total. The molecule has 0 heterocycles. The van der Waals surface area contributed by atoms with Crippen molar-refractivity contribution in [2.24, 2.45) is 0 Å². The highest BCUT2D eigenvalue weighted by Crippen LogP contribution is 2.25. The monoisotopic (exact) mass is 261 g/mol. The summed E-state index contributed by atoms with van der Waals surface area (Å²) in [4.78, 5) is 0. The highest BCUT2D eigenvalue weighted by Gasteiger charge is 2.07. The molecular formula is C15H16FNO2. The number of aryl methyl sites for hydroxylation is 1. The van der Waals surface area contributed by atoms with Gasteiger partial charge in [0.25, 0.3) is 0 Å². The SMILES string of the molecule is COc1ccc(O)c(CNc2c(C)cccc2F)c1. The van der Waals surface area contributed by atoms with Gasteiger partial charge < -0.3 is 15.2 Å². The number of halogens is 1. The highest BCUT2D eigenvalue weighted by molar-refractivity contribution is 5.53. The number of nitrogens with one attached hydrogen (secondary N) is 1. The predicted molar refractivity (Wildman–Crippen MR) is 73.1 cm³/mol. The zero-order valence-corrected chi connectivity index (χ0v) is 10.9. The van der Waals surface area contributed by atoms with E-state index in [4.69, 9.17) is 4.74 Å². The van der Waals surface area contributed by atoms with Crippen LogP contribution in [-0.4, -0.2) is 12.2 Å². The maximum absolute atomic E-state index is 13.6. The molecule has 0 atom stereocenters. The number of hydrogen-bond donors (Lipinski definition) is 2. The van der Waals surface area contributed by atoms with Crippen molar-refractivity contribution in [1.29, 1.82) is 0 Å². The second-order valence-corrected chi connectivity index (χ2v) is 4.28. The maximum Gasteiger partial charge on any atom is 0.146 e. The second-order valence-electron chi connectivity index (χ2n) is 4.28. The van der Waals surface area contributed by atoms with Gasteiger partial charge in [0.2, 0.25) is 0 Å². The number of hydrogen-bond acceptors (Lipinski definition) is 3. The van der Waals surface area contributed by atoms with Gasteiger partial charge in [-0.1, -0.05) is 12.1 Å². The Labute approximate surface area is 111 Å². The summed E-state index contributed by atoms with van der Waals surface area (Å²) in [5, 5.41) is 12.8. The number of phenolic OH excluding ortho intramolecular Hbond substituents is 1. The van der Waals surface area contributed by atoms with Crippen molar-refractivity contribution < 1.29 is 14.2 Å². The van der Waals surface area contributed by atoms with Crippen LogP contribution in [0, 0.1) is 12.7 Å². The van der Waals surface area contributed by atoms with Crippen LogP contribution >= 0.6 is 0 Å². The molecule has 0 spiro atoms. The zero-order chi connectivity index (χ0) is 13.8. The number of benzene rings is 2. The van der Waals surface area contributed by atoms with Gasteiger partial charge >= 0.3 is 0 Å². The fraction of sp³-hybridized carbons (Fsp3) is 0.200. The van der Waals surface area contributed by atoms with E-state index in [0.717, 1.165) is 5.56 Å². The Hall–Kier alpha value is -2.23. The fourth-order valence-electron chi connectivity index (χ4n) is 1.87. The largest absolute Gasteiger partial charge is 0.508 e. The Kier molecular flexibility index (Phi) is 3.90. The van der Waals surface area contributed by atoms with Gasteiger partial charge in [0.15, 0.2) is 0 Å². The minimum absolute atomic E-state index is 0.155. The molecule has 4 heteroatoms. The van der Waals surface area contributed by atoms with Crippen molar-refractivity contribution in [3.8, 4) is 11.5 Å². The molecule has 0 aliphatic heterocycles. The van der Waals surface area contributed by atoms with Crippen LogP contribution in [0.15, 0.2) is 36.4 Å². The van der Waals surface area contributed by atoms with Gasteiger partial charge in [0.1, 0.15) is 17.3 Å². The van der Waals surface area contributed by atoms with Crippen molar-refractivity contribution in [3.05, 3.63) is 53.3 Å². The summed E-state index contributed by atoms with van der Waals surface area (Å²) in [7, 11) is 1.56. The summed E-state index contributed by atoms with van der Waals surface area (Å²) >= 11 is 0. The van der Waals surface area contributed by atoms with Crippen LogP contribution in [0.4, 0.5) is 10.1 Å². The lowest BCUT2D eigenvalue weighted by Crippen LogP contribution is -2.03. The minimum Gasteiger partial charge on any atom is -0.508 e. The molecule has 2 N–H and O–H groups in total. The molecule has 0 bridgehead atoms. The summed E-state index contributed by atoms with van der Waals surface area (Å²) in [5.74, 6) is 0.504. The van der Waals surface area contributed by atoms with Crippen LogP contribution in [0.3, 0.4) is 0 Å². The summed E-state index contributed by atoms with van der Waals surface area (Å²) < 4.78 is 18.7. The van der Waals surface area contributed by atoms with Crippen LogP contribution in [0.1, 0.15) is 11.1 Å². The molecule has 0 fully saturated rings. The van der Waals surface area contributed by atoms with E-state index in [9.17, 15) is 9.50 Å². The highest BCUT2D eigenvalue weighted by atomic mass is 19.1. The molecule has 0 radical (unpaired) electrons. The van der Waals surface area contributed by atoms with E-state index in [0.29, 0.717) is 23.5 Å². The standard InChI is InChI=1S/C15H16FNO2/c1-10-4-3-5-13(16)15(10)17-9-11-8-12(19-2)6-7-14(11)18/h3-8,17-18H,9H2,1-2H3. The molecule has 0 unspecified atom stereocenters. The Bertz CT molecular complexity index is 564. The summed E-state index contributed by atoms with van der Waals surface area (Å²) in [6, 6.07) is 9.85. The van der Waals surface area contributed by atoms with Gasteiger partial charge in [-0.3, -0.25) is 0 Å². The van der Waals surface area contributed by atoms with Crippen molar-refractivity contribution >= 4 is 5.69 Å². The number of para-hydroxylation sites is 1. The van der Waals surface area contributed by atoms with Gasteiger partial charge in [0, 0.05) is 12.1 Å². The topological polar surface area (TPSA) is 41.5 Å². The molecule has 2 rings (SSSR count). The molecule has 2 aromatic rings. The molecule has 0 aliphatic carbocycles. The van der Waals surface area contributed by atoms with Crippen LogP contribution < -0.4 is 10.1 Å². The zero-order valence-electron chi connectivity index (χ0n) is 10.9. The molecule has 0 aromatic heterocycles. The summed E-state index contributed by atoms with van der Waals surface area (Å²) in [6.07, 6.45) is 0. The second kappa shape index (κ2) is 5.61. The van der Waals surface area contributed by atoms with E-state index >= 15 is 0 Å². The van der Waals surface area contributed by atoms with Gasteiger partial charge in [-0.25, -0.2) is 4.39 Å². The van der Waals surface area contributed by atoms with E-state index in [2.05, 4.69) is 5.32 Å². The Morgan fingerprint density at radius 1 is 1.26 bits per heavy atom. The number of phenols is 1. The van der Waals surface area contributed by atoms with E-state index in [1.165, 1.54) is 6.07 Å². The van der Waals surface area contributed by atoms with Crippen molar-refractivity contribution in [2.45, 2.75) is 13.5 Å². The molecule has 0 aliphatic rings. The number of anilines is 1. The van der Waals surface area contributed by atoms with E-state index in [-0.39, 0.29) is 11.6 Å². The summed E-state index contributed by atoms with van der Waals surface area (Å²) in [5.41, 5.74) is 1.93. The first kappa shape index (κ1) is 13.2. The van der Waals surface area contributed by atoms with Gasteiger partial charge in [-0.15, -0.1) is 0 Å². The van der Waals surface area contributed by atoms with Crippen molar-refractivity contribution in [3.63, 3.8) is 0 Å². The molecule has 19 heavy (non-hydrogen) atoms. The first-order valence-corrected chi connectivity index (χ1v) is 5.96.